The summed E-state index contributed by atoms with van der Waals surface area (Å²) >= 11 is 1.43. The Morgan fingerprint density at radius 3 is 2.75 bits per heavy atom. The van der Waals surface area contributed by atoms with E-state index in [2.05, 4.69) is 12.2 Å². The highest BCUT2D eigenvalue weighted by Gasteiger charge is 2.09. The molecular formula is C12H17F2NS. The number of thioether (sulfide) groups is 1. The van der Waals surface area contributed by atoms with E-state index in [-0.39, 0.29) is 5.25 Å². The Balaban J connectivity index is 2.46. The van der Waals surface area contributed by atoms with Crippen molar-refractivity contribution in [1.82, 2.24) is 5.32 Å². The Morgan fingerprint density at radius 2 is 2.12 bits per heavy atom. The highest BCUT2D eigenvalue weighted by molar-refractivity contribution is 8.00. The third-order valence-electron chi connectivity index (χ3n) is 2.08. The normalized spacial score (nSPS) is 12.8. The van der Waals surface area contributed by atoms with Gasteiger partial charge in [-0.2, -0.15) is 0 Å². The van der Waals surface area contributed by atoms with E-state index in [0.717, 1.165) is 25.6 Å². The summed E-state index contributed by atoms with van der Waals surface area (Å²) in [4.78, 5) is 0.507. The summed E-state index contributed by atoms with van der Waals surface area (Å²) in [5, 5.41) is 3.54. The summed E-state index contributed by atoms with van der Waals surface area (Å²) in [5.41, 5.74) is 0. The minimum absolute atomic E-state index is 0.270. The highest BCUT2D eigenvalue weighted by atomic mass is 32.2. The average molecular weight is 245 g/mol. The van der Waals surface area contributed by atoms with Crippen LogP contribution in [0.5, 0.6) is 0 Å². The Hall–Kier alpha value is -0.610. The fourth-order valence-corrected chi connectivity index (χ4v) is 2.26. The number of halogens is 2. The largest absolute Gasteiger partial charge is 0.316 e. The van der Waals surface area contributed by atoms with Crippen molar-refractivity contribution >= 4 is 11.8 Å². The lowest BCUT2D eigenvalue weighted by Crippen LogP contribution is -2.23. The van der Waals surface area contributed by atoms with Crippen LogP contribution in [-0.4, -0.2) is 18.3 Å². The minimum atomic E-state index is -0.529. The molecule has 0 aliphatic carbocycles. The summed E-state index contributed by atoms with van der Waals surface area (Å²) in [5.74, 6) is -1.01. The van der Waals surface area contributed by atoms with Gasteiger partial charge in [0.2, 0.25) is 0 Å². The number of nitrogens with one attached hydrogen (secondary N) is 1. The number of benzene rings is 1. The lowest BCUT2D eigenvalue weighted by molar-refractivity contribution is 0.565. The molecule has 1 aromatic carbocycles. The van der Waals surface area contributed by atoms with Crippen molar-refractivity contribution in [2.24, 2.45) is 0 Å². The van der Waals surface area contributed by atoms with E-state index >= 15 is 0 Å². The van der Waals surface area contributed by atoms with Gasteiger partial charge in [-0.15, -0.1) is 11.8 Å². The maximum absolute atomic E-state index is 13.3. The van der Waals surface area contributed by atoms with Crippen molar-refractivity contribution in [3.8, 4) is 0 Å². The second-order valence-electron chi connectivity index (χ2n) is 3.71. The van der Waals surface area contributed by atoms with Crippen LogP contribution in [-0.2, 0) is 0 Å². The van der Waals surface area contributed by atoms with E-state index in [1.807, 2.05) is 6.92 Å². The van der Waals surface area contributed by atoms with Gasteiger partial charge in [0.15, 0.2) is 0 Å². The van der Waals surface area contributed by atoms with E-state index in [1.54, 1.807) is 0 Å². The molecule has 0 radical (unpaired) electrons. The van der Waals surface area contributed by atoms with E-state index in [4.69, 9.17) is 0 Å². The van der Waals surface area contributed by atoms with Crippen LogP contribution in [0.15, 0.2) is 23.1 Å². The third kappa shape index (κ3) is 4.49. The lowest BCUT2D eigenvalue weighted by Gasteiger charge is -2.12. The molecule has 0 aliphatic rings. The fourth-order valence-electron chi connectivity index (χ4n) is 1.31. The zero-order chi connectivity index (χ0) is 12.0. The molecule has 1 nitrogen and oxygen atoms in total. The Kier molecular flexibility index (Phi) is 5.77. The molecular weight excluding hydrogens is 228 g/mol. The molecule has 1 aromatic rings. The van der Waals surface area contributed by atoms with Crippen LogP contribution in [0.25, 0.3) is 0 Å². The molecule has 0 fully saturated rings. The number of hydrogen-bond acceptors (Lipinski definition) is 2. The first-order valence-electron chi connectivity index (χ1n) is 5.46. The monoisotopic (exact) mass is 245 g/mol. The highest BCUT2D eigenvalue weighted by Crippen LogP contribution is 2.26. The molecule has 1 unspecified atom stereocenters. The molecule has 1 rings (SSSR count). The topological polar surface area (TPSA) is 12.0 Å². The summed E-state index contributed by atoms with van der Waals surface area (Å²) in [6, 6.07) is 3.71. The van der Waals surface area contributed by atoms with Gasteiger partial charge in [-0.25, -0.2) is 8.78 Å². The van der Waals surface area contributed by atoms with Crippen molar-refractivity contribution in [2.75, 3.05) is 13.1 Å². The van der Waals surface area contributed by atoms with Crippen LogP contribution in [0, 0.1) is 11.6 Å². The number of rotatable bonds is 6. The van der Waals surface area contributed by atoms with Gasteiger partial charge < -0.3 is 5.32 Å². The maximum atomic E-state index is 13.3. The zero-order valence-electron chi connectivity index (χ0n) is 9.59. The first kappa shape index (κ1) is 13.5. The van der Waals surface area contributed by atoms with E-state index in [0.29, 0.717) is 4.90 Å². The molecule has 1 N–H and O–H groups in total. The molecule has 0 aromatic heterocycles. The van der Waals surface area contributed by atoms with E-state index in [1.165, 1.54) is 23.9 Å². The van der Waals surface area contributed by atoms with Crippen molar-refractivity contribution in [1.29, 1.82) is 0 Å². The van der Waals surface area contributed by atoms with Crippen molar-refractivity contribution < 1.29 is 8.78 Å². The van der Waals surface area contributed by atoms with Crippen LogP contribution in [0.4, 0.5) is 8.78 Å². The quantitative estimate of drug-likeness (QED) is 0.608. The molecule has 1 atom stereocenters. The lowest BCUT2D eigenvalue weighted by atomic mass is 10.3. The van der Waals surface area contributed by atoms with Gasteiger partial charge in [0.05, 0.1) is 0 Å². The summed E-state index contributed by atoms with van der Waals surface area (Å²) < 4.78 is 26.0. The van der Waals surface area contributed by atoms with Crippen LogP contribution in [0.2, 0.25) is 0 Å². The molecule has 0 saturated heterocycles. The van der Waals surface area contributed by atoms with Gasteiger partial charge >= 0.3 is 0 Å². The minimum Gasteiger partial charge on any atom is -0.316 e. The van der Waals surface area contributed by atoms with Crippen molar-refractivity contribution in [3.63, 3.8) is 0 Å². The van der Waals surface area contributed by atoms with Gasteiger partial charge in [-0.05, 0) is 25.1 Å². The van der Waals surface area contributed by atoms with Crippen molar-refractivity contribution in [2.45, 2.75) is 30.4 Å². The van der Waals surface area contributed by atoms with E-state index < -0.39 is 11.6 Å². The summed E-state index contributed by atoms with van der Waals surface area (Å²) in [6.07, 6.45) is 1.09. The van der Waals surface area contributed by atoms with Crippen LogP contribution in [0.3, 0.4) is 0 Å². The average Bonchev–Trinajstić information content (AvgIpc) is 2.23. The molecule has 0 heterocycles. The molecule has 0 spiro atoms. The maximum Gasteiger partial charge on any atom is 0.139 e. The summed E-state index contributed by atoms with van der Waals surface area (Å²) in [6.45, 7) is 5.92. The van der Waals surface area contributed by atoms with E-state index in [9.17, 15) is 8.78 Å². The molecule has 0 bridgehead atoms. The zero-order valence-corrected chi connectivity index (χ0v) is 10.4. The van der Waals surface area contributed by atoms with Gasteiger partial charge in [-0.1, -0.05) is 13.8 Å². The second kappa shape index (κ2) is 6.86. The number of hydrogen-bond donors (Lipinski definition) is 1. The van der Waals surface area contributed by atoms with Crippen LogP contribution in [0.1, 0.15) is 20.3 Å². The van der Waals surface area contributed by atoms with Gasteiger partial charge in [0.25, 0.3) is 0 Å². The molecule has 4 heteroatoms. The Morgan fingerprint density at radius 1 is 1.38 bits per heavy atom. The molecule has 90 valence electrons. The predicted molar refractivity (Wildman–Crippen MR) is 64.8 cm³/mol. The Labute approximate surface area is 99.6 Å². The standard InChI is InChI=1S/C12H17F2NS/c1-3-6-15-8-9(2)16-12-5-4-10(13)7-11(12)14/h4-5,7,9,15H,3,6,8H2,1-2H3. The van der Waals surface area contributed by atoms with Crippen molar-refractivity contribution in [3.05, 3.63) is 29.8 Å². The third-order valence-corrected chi connectivity index (χ3v) is 3.23. The molecule has 0 amide bonds. The fraction of sp³-hybridized carbons (Fsp3) is 0.500. The summed E-state index contributed by atoms with van der Waals surface area (Å²) in [7, 11) is 0. The molecule has 0 aliphatic heterocycles. The molecule has 16 heavy (non-hydrogen) atoms. The predicted octanol–water partition coefficient (Wildman–Crippen LogP) is 3.45. The smallest absolute Gasteiger partial charge is 0.139 e. The van der Waals surface area contributed by atoms with Crippen LogP contribution >= 0.6 is 11.8 Å². The SMILES string of the molecule is CCCNCC(C)Sc1ccc(F)cc1F. The second-order valence-corrected chi connectivity index (χ2v) is 5.19. The van der Waals surface area contributed by atoms with Crippen LogP contribution < -0.4 is 5.32 Å². The Bertz CT molecular complexity index is 331. The first-order chi connectivity index (χ1) is 7.63. The first-order valence-corrected chi connectivity index (χ1v) is 6.34. The van der Waals surface area contributed by atoms with Gasteiger partial charge in [0.1, 0.15) is 11.6 Å². The van der Waals surface area contributed by atoms with Gasteiger partial charge in [-0.3, -0.25) is 0 Å². The van der Waals surface area contributed by atoms with Gasteiger partial charge in [0, 0.05) is 22.8 Å². The molecule has 0 saturated carbocycles.